The smallest absolute Gasteiger partial charge is 0.433 e. The van der Waals surface area contributed by atoms with Gasteiger partial charge in [0.1, 0.15) is 5.69 Å². The summed E-state index contributed by atoms with van der Waals surface area (Å²) in [6, 6.07) is 5.88. The number of nitrogens with one attached hydrogen (secondary N) is 2. The first kappa shape index (κ1) is 23.1. The molecule has 1 saturated heterocycles. The zero-order valence-electron chi connectivity index (χ0n) is 17.1. The Morgan fingerprint density at radius 3 is 2.44 bits per heavy atom. The Kier molecular flexibility index (Phi) is 7.01. The van der Waals surface area contributed by atoms with Crippen molar-refractivity contribution in [1.29, 1.82) is 0 Å². The van der Waals surface area contributed by atoms with Gasteiger partial charge in [0, 0.05) is 38.3 Å². The number of alkyl halides is 3. The lowest BCUT2D eigenvalue weighted by Crippen LogP contribution is -2.49. The first-order valence-corrected chi connectivity index (χ1v) is 9.62. The molecule has 2 aromatic rings. The van der Waals surface area contributed by atoms with Gasteiger partial charge >= 0.3 is 18.3 Å². The molecule has 8 nitrogen and oxygen atoms in total. The number of aromatic nitrogens is 1. The molecule has 3 amide bonds. The molecule has 1 fully saturated rings. The minimum absolute atomic E-state index is 0.0631. The average Bonchev–Trinajstić information content (AvgIpc) is 2.78. The van der Waals surface area contributed by atoms with Gasteiger partial charge in [0.2, 0.25) is 0 Å². The van der Waals surface area contributed by atoms with Crippen LogP contribution in [-0.4, -0.2) is 55.3 Å². The quantitative estimate of drug-likeness (QED) is 0.690. The van der Waals surface area contributed by atoms with Gasteiger partial charge in [-0.05, 0) is 18.2 Å². The Hall–Kier alpha value is -3.57. The predicted molar refractivity (Wildman–Crippen MR) is 108 cm³/mol. The van der Waals surface area contributed by atoms with E-state index in [0.717, 1.165) is 18.3 Å². The fraction of sp³-hybridized carbons (Fsp3) is 0.350. The van der Waals surface area contributed by atoms with Gasteiger partial charge in [-0.3, -0.25) is 0 Å². The molecule has 12 heteroatoms. The van der Waals surface area contributed by atoms with Crippen molar-refractivity contribution in [2.45, 2.75) is 12.7 Å². The molecule has 0 aliphatic carbocycles. The predicted octanol–water partition coefficient (Wildman–Crippen LogP) is 3.45. The first-order valence-electron chi connectivity index (χ1n) is 9.62. The van der Waals surface area contributed by atoms with E-state index in [2.05, 4.69) is 20.4 Å². The summed E-state index contributed by atoms with van der Waals surface area (Å²) in [7, 11) is 1.30. The van der Waals surface area contributed by atoms with Crippen LogP contribution in [-0.2, 0) is 17.5 Å². The molecule has 1 aromatic carbocycles. The topological polar surface area (TPSA) is 86.8 Å². The number of methoxy groups -OCH3 is 1. The van der Waals surface area contributed by atoms with Crippen LogP contribution in [0.15, 0.2) is 36.5 Å². The fourth-order valence-electron chi connectivity index (χ4n) is 3.19. The van der Waals surface area contributed by atoms with Gasteiger partial charge < -0.3 is 25.2 Å². The van der Waals surface area contributed by atoms with Gasteiger partial charge in [-0.2, -0.15) is 13.2 Å². The van der Waals surface area contributed by atoms with Crippen LogP contribution in [0.1, 0.15) is 11.3 Å². The number of hydrogen-bond donors (Lipinski definition) is 2. The molecular weight excluding hydrogens is 434 g/mol. The highest BCUT2D eigenvalue weighted by Crippen LogP contribution is 2.28. The second-order valence-corrected chi connectivity index (χ2v) is 6.93. The lowest BCUT2D eigenvalue weighted by Gasteiger charge is -2.35. The van der Waals surface area contributed by atoms with Crippen molar-refractivity contribution < 1.29 is 31.9 Å². The molecule has 0 bridgehead atoms. The Morgan fingerprint density at radius 1 is 1.12 bits per heavy atom. The van der Waals surface area contributed by atoms with Crippen molar-refractivity contribution in [3.05, 3.63) is 53.6 Å². The summed E-state index contributed by atoms with van der Waals surface area (Å²) in [4.78, 5) is 30.2. The van der Waals surface area contributed by atoms with Crippen molar-refractivity contribution >= 4 is 23.5 Å². The molecule has 3 rings (SSSR count). The molecule has 1 aromatic heterocycles. The van der Waals surface area contributed by atoms with E-state index in [9.17, 15) is 27.2 Å². The zero-order chi connectivity index (χ0) is 23.3. The van der Waals surface area contributed by atoms with E-state index in [-0.39, 0.29) is 17.8 Å². The zero-order valence-corrected chi connectivity index (χ0v) is 17.1. The molecular formula is C20H21F4N5O3. The molecule has 1 aliphatic rings. The number of piperazine rings is 1. The van der Waals surface area contributed by atoms with Crippen LogP contribution in [0.4, 0.5) is 38.5 Å². The third kappa shape index (κ3) is 5.56. The standard InChI is InChI=1S/C20H21F4N5O3/c1-32-19(31)29-9-7-28(8-10-29)15-4-2-3-13(17(15)21)11-26-18(30)27-14-5-6-16(25-12-14)20(22,23)24/h2-6,12H,7-11H2,1H3,(H2,26,27,30). The van der Waals surface area contributed by atoms with Crippen molar-refractivity contribution in [3.63, 3.8) is 0 Å². The minimum Gasteiger partial charge on any atom is -0.453 e. The summed E-state index contributed by atoms with van der Waals surface area (Å²) in [5.41, 5.74) is -0.428. The SMILES string of the molecule is COC(=O)N1CCN(c2cccc(CNC(=O)Nc3ccc(C(F)(F)F)nc3)c2F)CC1. The Labute approximate surface area is 181 Å². The second kappa shape index (κ2) is 9.71. The summed E-state index contributed by atoms with van der Waals surface area (Å²) in [5.74, 6) is -0.504. The van der Waals surface area contributed by atoms with Gasteiger partial charge in [0.05, 0.1) is 24.7 Å². The number of benzene rings is 1. The van der Waals surface area contributed by atoms with E-state index in [1.807, 2.05) is 0 Å². The maximum Gasteiger partial charge on any atom is 0.433 e. The third-order valence-corrected chi connectivity index (χ3v) is 4.86. The first-order chi connectivity index (χ1) is 15.2. The van der Waals surface area contributed by atoms with Crippen LogP contribution < -0.4 is 15.5 Å². The fourth-order valence-corrected chi connectivity index (χ4v) is 3.19. The molecule has 0 atom stereocenters. The highest BCUT2D eigenvalue weighted by atomic mass is 19.4. The lowest BCUT2D eigenvalue weighted by atomic mass is 10.1. The normalized spacial score (nSPS) is 14.2. The van der Waals surface area contributed by atoms with E-state index >= 15 is 0 Å². The van der Waals surface area contributed by atoms with Crippen LogP contribution in [0.25, 0.3) is 0 Å². The number of ether oxygens (including phenoxy) is 1. The largest absolute Gasteiger partial charge is 0.453 e. The number of urea groups is 1. The third-order valence-electron chi connectivity index (χ3n) is 4.86. The van der Waals surface area contributed by atoms with Gasteiger partial charge in [0.15, 0.2) is 5.82 Å². The maximum atomic E-state index is 15.0. The van der Waals surface area contributed by atoms with Crippen molar-refractivity contribution in [2.24, 2.45) is 0 Å². The molecule has 2 N–H and O–H groups in total. The number of amides is 3. The monoisotopic (exact) mass is 455 g/mol. The second-order valence-electron chi connectivity index (χ2n) is 6.93. The Bertz CT molecular complexity index is 961. The number of rotatable bonds is 4. The number of nitrogens with zero attached hydrogens (tertiary/aromatic N) is 3. The van der Waals surface area contributed by atoms with Gasteiger partial charge in [-0.15, -0.1) is 0 Å². The van der Waals surface area contributed by atoms with E-state index in [0.29, 0.717) is 31.9 Å². The van der Waals surface area contributed by atoms with Gasteiger partial charge in [0.25, 0.3) is 0 Å². The summed E-state index contributed by atoms with van der Waals surface area (Å²) < 4.78 is 57.3. The summed E-state index contributed by atoms with van der Waals surface area (Å²) >= 11 is 0. The number of hydrogen-bond acceptors (Lipinski definition) is 5. The van der Waals surface area contributed by atoms with Crippen LogP contribution in [0.2, 0.25) is 0 Å². The Balaban J connectivity index is 1.57. The number of anilines is 2. The van der Waals surface area contributed by atoms with Crippen LogP contribution >= 0.6 is 0 Å². The molecule has 1 aliphatic heterocycles. The number of carbonyl (C=O) groups excluding carboxylic acids is 2. The van der Waals surface area contributed by atoms with Crippen LogP contribution in [0.3, 0.4) is 0 Å². The molecule has 0 unspecified atom stereocenters. The van der Waals surface area contributed by atoms with E-state index in [1.54, 1.807) is 17.0 Å². The lowest BCUT2D eigenvalue weighted by molar-refractivity contribution is -0.141. The highest BCUT2D eigenvalue weighted by Gasteiger charge is 2.32. The molecule has 172 valence electrons. The number of pyridine rings is 1. The molecule has 0 saturated carbocycles. The minimum atomic E-state index is -4.57. The highest BCUT2D eigenvalue weighted by molar-refractivity contribution is 5.89. The van der Waals surface area contributed by atoms with Crippen molar-refractivity contribution in [3.8, 4) is 0 Å². The summed E-state index contributed by atoms with van der Waals surface area (Å²) in [6.45, 7) is 1.48. The molecule has 0 spiro atoms. The Morgan fingerprint density at radius 2 is 1.84 bits per heavy atom. The number of halogens is 4. The van der Waals surface area contributed by atoms with Crippen molar-refractivity contribution in [1.82, 2.24) is 15.2 Å². The number of carbonyl (C=O) groups is 2. The molecule has 32 heavy (non-hydrogen) atoms. The van der Waals surface area contributed by atoms with Crippen molar-refractivity contribution in [2.75, 3.05) is 43.5 Å². The van der Waals surface area contributed by atoms with Gasteiger partial charge in [-0.1, -0.05) is 12.1 Å². The van der Waals surface area contributed by atoms with E-state index in [4.69, 9.17) is 0 Å². The summed E-state index contributed by atoms with van der Waals surface area (Å²) in [5, 5.41) is 4.81. The maximum absolute atomic E-state index is 15.0. The van der Waals surface area contributed by atoms with Crippen LogP contribution in [0, 0.1) is 5.82 Å². The molecule has 0 radical (unpaired) electrons. The average molecular weight is 455 g/mol. The van der Waals surface area contributed by atoms with E-state index < -0.39 is 29.8 Å². The summed E-state index contributed by atoms with van der Waals surface area (Å²) in [6.07, 6.45) is -4.12. The van der Waals surface area contributed by atoms with Crippen LogP contribution in [0.5, 0.6) is 0 Å². The van der Waals surface area contributed by atoms with Gasteiger partial charge in [-0.25, -0.2) is 19.0 Å². The molecule has 2 heterocycles. The van der Waals surface area contributed by atoms with E-state index in [1.165, 1.54) is 18.1 Å².